The predicted octanol–water partition coefficient (Wildman–Crippen LogP) is 2.40. The number of aromatic nitrogens is 2. The number of nitrogens with one attached hydrogen (secondary N) is 2. The molecule has 0 radical (unpaired) electrons. The van der Waals surface area contributed by atoms with E-state index in [0.717, 1.165) is 54.6 Å². The summed E-state index contributed by atoms with van der Waals surface area (Å²) in [5.41, 5.74) is 4.02. The Morgan fingerprint density at radius 2 is 1.92 bits per heavy atom. The summed E-state index contributed by atoms with van der Waals surface area (Å²) < 4.78 is 0. The van der Waals surface area contributed by atoms with Crippen LogP contribution >= 0.6 is 0 Å². The molecular formula is C18H25N5O. The van der Waals surface area contributed by atoms with Crippen LogP contribution in [0.2, 0.25) is 0 Å². The minimum atomic E-state index is -0.0256. The number of piperazine rings is 1. The molecule has 1 aromatic heterocycles. The van der Waals surface area contributed by atoms with Crippen LogP contribution in [0.4, 0.5) is 10.5 Å². The average Bonchev–Trinajstić information content (AvgIpc) is 2.87. The molecular weight excluding hydrogens is 302 g/mol. The molecule has 0 unspecified atom stereocenters. The zero-order chi connectivity index (χ0) is 17.1. The number of aromatic amines is 1. The lowest BCUT2D eigenvalue weighted by molar-refractivity contribution is 0.164. The lowest BCUT2D eigenvalue weighted by atomic mass is 10.1. The van der Waals surface area contributed by atoms with E-state index in [1.165, 1.54) is 0 Å². The highest BCUT2D eigenvalue weighted by Gasteiger charge is 2.19. The zero-order valence-electron chi connectivity index (χ0n) is 14.6. The van der Waals surface area contributed by atoms with Crippen molar-refractivity contribution >= 4 is 11.7 Å². The number of rotatable bonds is 3. The molecule has 2 N–H and O–H groups in total. The number of carbonyl (C=O) groups is 1. The topological polar surface area (TPSA) is 64.3 Å². The number of para-hydroxylation sites is 1. The van der Waals surface area contributed by atoms with Gasteiger partial charge in [0.25, 0.3) is 0 Å². The van der Waals surface area contributed by atoms with Crippen LogP contribution in [0.1, 0.15) is 22.8 Å². The Balaban J connectivity index is 1.70. The van der Waals surface area contributed by atoms with E-state index in [0.29, 0.717) is 6.42 Å². The lowest BCUT2D eigenvalue weighted by Gasteiger charge is -2.32. The van der Waals surface area contributed by atoms with Crippen LogP contribution in [-0.4, -0.2) is 59.0 Å². The fraction of sp³-hybridized carbons (Fsp3) is 0.444. The SMILES string of the molecule is Cc1nc(Cc2ccccc2NC(=O)N2CCN(C)CC2)[nH]c1C. The van der Waals surface area contributed by atoms with Gasteiger partial charge in [-0.25, -0.2) is 9.78 Å². The van der Waals surface area contributed by atoms with Gasteiger partial charge in [-0.15, -0.1) is 0 Å². The van der Waals surface area contributed by atoms with E-state index in [-0.39, 0.29) is 6.03 Å². The number of anilines is 1. The number of hydrogen-bond acceptors (Lipinski definition) is 3. The number of imidazole rings is 1. The second kappa shape index (κ2) is 7.05. The monoisotopic (exact) mass is 327 g/mol. The minimum absolute atomic E-state index is 0.0256. The molecule has 1 fully saturated rings. The van der Waals surface area contributed by atoms with E-state index in [4.69, 9.17) is 0 Å². The molecule has 1 aromatic carbocycles. The molecule has 6 heteroatoms. The van der Waals surface area contributed by atoms with Crippen LogP contribution in [0.5, 0.6) is 0 Å². The van der Waals surface area contributed by atoms with E-state index in [1.807, 2.05) is 43.0 Å². The van der Waals surface area contributed by atoms with Crippen molar-refractivity contribution < 1.29 is 4.79 Å². The number of H-pyrrole nitrogens is 1. The van der Waals surface area contributed by atoms with Crippen molar-refractivity contribution in [1.82, 2.24) is 19.8 Å². The van der Waals surface area contributed by atoms with Gasteiger partial charge >= 0.3 is 6.03 Å². The van der Waals surface area contributed by atoms with Gasteiger partial charge in [-0.05, 0) is 32.5 Å². The quantitative estimate of drug-likeness (QED) is 0.910. The van der Waals surface area contributed by atoms with E-state index >= 15 is 0 Å². The van der Waals surface area contributed by atoms with Crippen LogP contribution in [0.15, 0.2) is 24.3 Å². The molecule has 24 heavy (non-hydrogen) atoms. The zero-order valence-corrected chi connectivity index (χ0v) is 14.6. The highest BCUT2D eigenvalue weighted by Crippen LogP contribution is 2.19. The van der Waals surface area contributed by atoms with E-state index in [2.05, 4.69) is 27.2 Å². The highest BCUT2D eigenvalue weighted by atomic mass is 16.2. The Kier molecular flexibility index (Phi) is 4.85. The fourth-order valence-electron chi connectivity index (χ4n) is 2.89. The normalized spacial score (nSPS) is 15.5. The summed E-state index contributed by atoms with van der Waals surface area (Å²) in [6.45, 7) is 7.38. The maximum Gasteiger partial charge on any atom is 0.321 e. The number of likely N-dealkylation sites (N-methyl/N-ethyl adjacent to an activating group) is 1. The second-order valence-corrected chi connectivity index (χ2v) is 6.45. The number of benzene rings is 1. The first kappa shape index (κ1) is 16.5. The van der Waals surface area contributed by atoms with Crippen LogP contribution in [0.25, 0.3) is 0 Å². The maximum atomic E-state index is 12.5. The van der Waals surface area contributed by atoms with E-state index < -0.39 is 0 Å². The summed E-state index contributed by atoms with van der Waals surface area (Å²) in [7, 11) is 2.08. The third kappa shape index (κ3) is 3.76. The standard InChI is InChI=1S/C18H25N5O/c1-13-14(2)20-17(19-13)12-15-6-4-5-7-16(15)21-18(24)23-10-8-22(3)9-11-23/h4-7H,8-12H2,1-3H3,(H,19,20)(H,21,24). The van der Waals surface area contributed by atoms with Gasteiger partial charge in [0, 0.05) is 44.0 Å². The summed E-state index contributed by atoms with van der Waals surface area (Å²) in [6.07, 6.45) is 0.674. The third-order valence-corrected chi connectivity index (χ3v) is 4.58. The molecule has 6 nitrogen and oxygen atoms in total. The van der Waals surface area contributed by atoms with Gasteiger partial charge in [-0.2, -0.15) is 0 Å². The Hall–Kier alpha value is -2.34. The largest absolute Gasteiger partial charge is 0.346 e. The smallest absolute Gasteiger partial charge is 0.321 e. The molecule has 0 aliphatic carbocycles. The lowest BCUT2D eigenvalue weighted by Crippen LogP contribution is -2.48. The van der Waals surface area contributed by atoms with Crippen molar-refractivity contribution in [3.05, 3.63) is 47.0 Å². The van der Waals surface area contributed by atoms with Gasteiger partial charge in [0.05, 0.1) is 5.69 Å². The third-order valence-electron chi connectivity index (χ3n) is 4.58. The first-order chi connectivity index (χ1) is 11.5. The van der Waals surface area contributed by atoms with Gasteiger partial charge in [-0.1, -0.05) is 18.2 Å². The van der Waals surface area contributed by atoms with E-state index in [1.54, 1.807) is 0 Å². The molecule has 1 saturated heterocycles. The van der Waals surface area contributed by atoms with E-state index in [9.17, 15) is 4.79 Å². The van der Waals surface area contributed by atoms with Crippen LogP contribution < -0.4 is 5.32 Å². The first-order valence-corrected chi connectivity index (χ1v) is 8.37. The van der Waals surface area contributed by atoms with Crippen molar-refractivity contribution in [3.63, 3.8) is 0 Å². The minimum Gasteiger partial charge on any atom is -0.346 e. The number of hydrogen-bond donors (Lipinski definition) is 2. The van der Waals surface area contributed by atoms with Crippen LogP contribution in [-0.2, 0) is 6.42 Å². The number of carbonyl (C=O) groups excluding carboxylic acids is 1. The summed E-state index contributed by atoms with van der Waals surface area (Å²) in [6, 6.07) is 7.90. The van der Waals surface area contributed by atoms with Gasteiger partial charge in [0.15, 0.2) is 0 Å². The van der Waals surface area contributed by atoms with Crippen molar-refractivity contribution in [1.29, 1.82) is 0 Å². The number of amides is 2. The Bertz CT molecular complexity index is 696. The van der Waals surface area contributed by atoms with Crippen molar-refractivity contribution in [2.24, 2.45) is 0 Å². The van der Waals surface area contributed by atoms with Crippen molar-refractivity contribution in [3.8, 4) is 0 Å². The molecule has 0 bridgehead atoms. The first-order valence-electron chi connectivity index (χ1n) is 8.37. The Morgan fingerprint density at radius 3 is 2.58 bits per heavy atom. The molecule has 2 heterocycles. The molecule has 1 aliphatic rings. The highest BCUT2D eigenvalue weighted by molar-refractivity contribution is 5.90. The van der Waals surface area contributed by atoms with Gasteiger partial charge < -0.3 is 20.1 Å². The number of urea groups is 1. The van der Waals surface area contributed by atoms with Crippen molar-refractivity contribution in [2.75, 3.05) is 38.5 Å². The molecule has 1 aliphatic heterocycles. The Labute approximate surface area is 142 Å². The van der Waals surface area contributed by atoms with Gasteiger partial charge in [0.2, 0.25) is 0 Å². The van der Waals surface area contributed by atoms with Crippen LogP contribution in [0, 0.1) is 13.8 Å². The van der Waals surface area contributed by atoms with Crippen LogP contribution in [0.3, 0.4) is 0 Å². The Morgan fingerprint density at radius 1 is 1.21 bits per heavy atom. The average molecular weight is 327 g/mol. The molecule has 128 valence electrons. The molecule has 0 saturated carbocycles. The fourth-order valence-corrected chi connectivity index (χ4v) is 2.89. The molecule has 2 amide bonds. The van der Waals surface area contributed by atoms with Gasteiger partial charge in [0.1, 0.15) is 5.82 Å². The summed E-state index contributed by atoms with van der Waals surface area (Å²) in [4.78, 5) is 24.5. The summed E-state index contributed by atoms with van der Waals surface area (Å²) >= 11 is 0. The molecule has 0 spiro atoms. The number of nitrogens with zero attached hydrogens (tertiary/aromatic N) is 3. The second-order valence-electron chi connectivity index (χ2n) is 6.45. The van der Waals surface area contributed by atoms with Gasteiger partial charge in [-0.3, -0.25) is 0 Å². The number of aryl methyl sites for hydroxylation is 2. The summed E-state index contributed by atoms with van der Waals surface area (Å²) in [5.74, 6) is 0.922. The van der Waals surface area contributed by atoms with Crippen molar-refractivity contribution in [2.45, 2.75) is 20.3 Å². The molecule has 2 aromatic rings. The maximum absolute atomic E-state index is 12.5. The summed E-state index contributed by atoms with van der Waals surface area (Å²) in [5, 5.41) is 3.06. The molecule has 3 rings (SSSR count). The molecule has 0 atom stereocenters. The predicted molar refractivity (Wildman–Crippen MR) is 95.4 cm³/mol.